The predicted octanol–water partition coefficient (Wildman–Crippen LogP) is 4.17. The van der Waals surface area contributed by atoms with Gasteiger partial charge in [-0.3, -0.25) is 14.4 Å². The summed E-state index contributed by atoms with van der Waals surface area (Å²) in [6, 6.07) is 12.3. The SMILES string of the molecule is CCCC(=O)Nc1ccc2c(c1)C(=O)N(C)[C@H]1CC[C@@H](CC(=O)NCc3ccccc3Cl)O[C@@H]1CO2. The number of fused-ring (bicyclic) bond motifs is 2. The normalized spacial score (nSPS) is 21.4. The fourth-order valence-corrected chi connectivity index (χ4v) is 4.87. The van der Waals surface area contributed by atoms with Crippen LogP contribution in [0.4, 0.5) is 5.69 Å². The fourth-order valence-electron chi connectivity index (χ4n) is 4.67. The highest BCUT2D eigenvalue weighted by atomic mass is 35.5. The van der Waals surface area contributed by atoms with Gasteiger partial charge in [0.1, 0.15) is 18.5 Å². The van der Waals surface area contributed by atoms with Crippen molar-refractivity contribution in [3.05, 3.63) is 58.6 Å². The van der Waals surface area contributed by atoms with E-state index in [1.807, 2.05) is 25.1 Å². The molecule has 2 aromatic carbocycles. The molecule has 2 aliphatic heterocycles. The van der Waals surface area contributed by atoms with Crippen molar-refractivity contribution in [1.29, 1.82) is 0 Å². The van der Waals surface area contributed by atoms with Gasteiger partial charge in [0.15, 0.2) is 0 Å². The molecule has 2 heterocycles. The lowest BCUT2D eigenvalue weighted by Gasteiger charge is -2.42. The van der Waals surface area contributed by atoms with Crippen molar-refractivity contribution in [2.45, 2.75) is 63.8 Å². The van der Waals surface area contributed by atoms with Gasteiger partial charge in [-0.2, -0.15) is 0 Å². The van der Waals surface area contributed by atoms with Gasteiger partial charge in [0.2, 0.25) is 11.8 Å². The van der Waals surface area contributed by atoms with Crippen molar-refractivity contribution in [2.75, 3.05) is 19.0 Å². The van der Waals surface area contributed by atoms with Crippen LogP contribution in [0.25, 0.3) is 0 Å². The molecule has 0 radical (unpaired) electrons. The van der Waals surface area contributed by atoms with Crippen molar-refractivity contribution >= 4 is 35.0 Å². The van der Waals surface area contributed by atoms with Crippen molar-refractivity contribution in [2.24, 2.45) is 0 Å². The second-order valence-electron chi connectivity index (χ2n) is 9.25. The van der Waals surface area contributed by atoms with Crippen LogP contribution in [-0.4, -0.2) is 54.5 Å². The molecule has 0 spiro atoms. The largest absolute Gasteiger partial charge is 0.490 e. The highest BCUT2D eigenvalue weighted by molar-refractivity contribution is 6.31. The van der Waals surface area contributed by atoms with Gasteiger partial charge in [-0.15, -0.1) is 0 Å². The Morgan fingerprint density at radius 3 is 2.72 bits per heavy atom. The van der Waals surface area contributed by atoms with E-state index in [1.165, 1.54) is 0 Å². The van der Waals surface area contributed by atoms with E-state index in [2.05, 4.69) is 10.6 Å². The second-order valence-corrected chi connectivity index (χ2v) is 9.66. The molecule has 36 heavy (non-hydrogen) atoms. The van der Waals surface area contributed by atoms with Gasteiger partial charge in [0.25, 0.3) is 5.91 Å². The zero-order chi connectivity index (χ0) is 25.7. The second kappa shape index (κ2) is 11.8. The van der Waals surface area contributed by atoms with Crippen LogP contribution < -0.4 is 15.4 Å². The number of nitrogens with zero attached hydrogens (tertiary/aromatic N) is 1. The molecule has 2 aliphatic rings. The first-order chi connectivity index (χ1) is 17.4. The maximum absolute atomic E-state index is 13.3. The number of likely N-dealkylation sites (N-methyl/N-ethyl adjacent to an activating group) is 1. The molecule has 1 saturated heterocycles. The first-order valence-corrected chi connectivity index (χ1v) is 12.7. The Kier molecular flexibility index (Phi) is 8.48. The molecular formula is C27H32ClN3O5. The number of nitrogens with one attached hydrogen (secondary N) is 2. The summed E-state index contributed by atoms with van der Waals surface area (Å²) in [6.07, 6.45) is 2.11. The Balaban J connectivity index is 1.38. The molecule has 0 unspecified atom stereocenters. The number of amides is 3. The summed E-state index contributed by atoms with van der Waals surface area (Å²) in [6.45, 7) is 2.55. The van der Waals surface area contributed by atoms with Crippen molar-refractivity contribution in [3.63, 3.8) is 0 Å². The Bertz CT molecular complexity index is 1120. The molecule has 2 aromatic rings. The minimum atomic E-state index is -0.355. The standard InChI is InChI=1S/C27H32ClN3O5/c1-3-6-25(32)30-18-9-12-23-20(13-18)27(34)31(2)22-11-10-19(36-24(22)16-35-23)14-26(33)29-15-17-7-4-5-8-21(17)28/h4-5,7-9,12-13,19,22,24H,3,6,10-11,14-16H2,1-2H3,(H,29,33)(H,30,32)/t19-,22-,24+/m0/s1. The van der Waals surface area contributed by atoms with Gasteiger partial charge in [0, 0.05) is 30.7 Å². The third kappa shape index (κ3) is 6.17. The molecule has 2 N–H and O–H groups in total. The van der Waals surface area contributed by atoms with Gasteiger partial charge in [-0.25, -0.2) is 0 Å². The van der Waals surface area contributed by atoms with Gasteiger partial charge in [-0.1, -0.05) is 36.7 Å². The molecular weight excluding hydrogens is 482 g/mol. The molecule has 8 nitrogen and oxygen atoms in total. The Labute approximate surface area is 216 Å². The minimum absolute atomic E-state index is 0.0901. The molecule has 192 valence electrons. The number of rotatable bonds is 7. The molecule has 9 heteroatoms. The number of anilines is 1. The van der Waals surface area contributed by atoms with Crippen LogP contribution in [0.2, 0.25) is 5.02 Å². The lowest BCUT2D eigenvalue weighted by molar-refractivity contribution is -0.134. The number of benzene rings is 2. The number of halogens is 1. The summed E-state index contributed by atoms with van der Waals surface area (Å²) >= 11 is 6.17. The molecule has 0 bridgehead atoms. The van der Waals surface area contributed by atoms with Crippen LogP contribution in [-0.2, 0) is 20.9 Å². The van der Waals surface area contributed by atoms with E-state index in [0.717, 1.165) is 12.0 Å². The monoisotopic (exact) mass is 513 g/mol. The third-order valence-electron chi connectivity index (χ3n) is 6.62. The number of hydrogen-bond acceptors (Lipinski definition) is 5. The van der Waals surface area contributed by atoms with Crippen LogP contribution in [0, 0.1) is 0 Å². The van der Waals surface area contributed by atoms with Gasteiger partial charge < -0.3 is 25.0 Å². The first kappa shape index (κ1) is 26.0. The van der Waals surface area contributed by atoms with E-state index in [-0.39, 0.29) is 49.0 Å². The molecule has 0 saturated carbocycles. The van der Waals surface area contributed by atoms with Crippen LogP contribution in [0.3, 0.4) is 0 Å². The maximum atomic E-state index is 13.3. The van der Waals surface area contributed by atoms with E-state index in [1.54, 1.807) is 36.2 Å². The average Bonchev–Trinajstić information content (AvgIpc) is 2.86. The summed E-state index contributed by atoms with van der Waals surface area (Å²) in [5.74, 6) is 0.0538. The summed E-state index contributed by atoms with van der Waals surface area (Å²) in [4.78, 5) is 39.5. The third-order valence-corrected chi connectivity index (χ3v) is 6.99. The maximum Gasteiger partial charge on any atom is 0.257 e. The lowest BCUT2D eigenvalue weighted by atomic mass is 9.94. The van der Waals surface area contributed by atoms with Crippen molar-refractivity contribution < 1.29 is 23.9 Å². The van der Waals surface area contributed by atoms with Gasteiger partial charge in [-0.05, 0) is 49.1 Å². The molecule has 3 amide bonds. The van der Waals surface area contributed by atoms with E-state index < -0.39 is 0 Å². The number of hydrogen-bond donors (Lipinski definition) is 2. The van der Waals surface area contributed by atoms with Crippen LogP contribution >= 0.6 is 11.6 Å². The summed E-state index contributed by atoms with van der Waals surface area (Å²) in [7, 11) is 1.76. The zero-order valence-corrected chi connectivity index (χ0v) is 21.3. The van der Waals surface area contributed by atoms with E-state index in [0.29, 0.717) is 47.8 Å². The topological polar surface area (TPSA) is 97.0 Å². The number of carbonyl (C=O) groups excluding carboxylic acids is 3. The first-order valence-electron chi connectivity index (χ1n) is 12.3. The van der Waals surface area contributed by atoms with Crippen LogP contribution in [0.15, 0.2) is 42.5 Å². The van der Waals surface area contributed by atoms with E-state index in [9.17, 15) is 14.4 Å². The highest BCUT2D eigenvalue weighted by Crippen LogP contribution is 2.32. The minimum Gasteiger partial charge on any atom is -0.490 e. The van der Waals surface area contributed by atoms with E-state index >= 15 is 0 Å². The summed E-state index contributed by atoms with van der Waals surface area (Å²) in [5, 5.41) is 6.36. The summed E-state index contributed by atoms with van der Waals surface area (Å²) in [5.41, 5.74) is 1.83. The smallest absolute Gasteiger partial charge is 0.257 e. The number of ether oxygens (including phenoxy) is 2. The summed E-state index contributed by atoms with van der Waals surface area (Å²) < 4.78 is 12.2. The van der Waals surface area contributed by atoms with Crippen LogP contribution in [0.5, 0.6) is 5.75 Å². The average molecular weight is 514 g/mol. The lowest BCUT2D eigenvalue weighted by Crippen LogP contribution is -2.53. The molecule has 4 rings (SSSR count). The van der Waals surface area contributed by atoms with Crippen molar-refractivity contribution in [3.8, 4) is 5.75 Å². The van der Waals surface area contributed by atoms with Crippen LogP contribution in [0.1, 0.15) is 54.9 Å². The molecule has 3 atom stereocenters. The predicted molar refractivity (Wildman–Crippen MR) is 137 cm³/mol. The molecule has 0 aromatic heterocycles. The van der Waals surface area contributed by atoms with Gasteiger partial charge >= 0.3 is 0 Å². The quantitative estimate of drug-likeness (QED) is 0.579. The Morgan fingerprint density at radius 1 is 1.14 bits per heavy atom. The highest BCUT2D eigenvalue weighted by Gasteiger charge is 2.39. The van der Waals surface area contributed by atoms with Gasteiger partial charge in [0.05, 0.1) is 24.1 Å². The zero-order valence-electron chi connectivity index (χ0n) is 20.6. The van der Waals surface area contributed by atoms with Crippen molar-refractivity contribution in [1.82, 2.24) is 10.2 Å². The molecule has 0 aliphatic carbocycles. The number of carbonyl (C=O) groups is 3. The fraction of sp³-hybridized carbons (Fsp3) is 0.444. The molecule has 1 fully saturated rings. The Hall–Kier alpha value is -3.10. The Morgan fingerprint density at radius 2 is 1.94 bits per heavy atom. The van der Waals surface area contributed by atoms with E-state index in [4.69, 9.17) is 21.1 Å².